The quantitative estimate of drug-likeness (QED) is 0.730. The van der Waals surface area contributed by atoms with Gasteiger partial charge in [-0.05, 0) is 53.0 Å². The summed E-state index contributed by atoms with van der Waals surface area (Å²) in [5.74, 6) is -1.10. The zero-order valence-corrected chi connectivity index (χ0v) is 14.0. The molecule has 0 fully saturated rings. The van der Waals surface area contributed by atoms with Gasteiger partial charge in [0, 0.05) is 5.03 Å². The van der Waals surface area contributed by atoms with E-state index in [1.165, 1.54) is 0 Å². The summed E-state index contributed by atoms with van der Waals surface area (Å²) in [6.45, 7) is 8.74. The molecule has 0 spiro atoms. The third-order valence-electron chi connectivity index (χ3n) is 2.50. The first-order chi connectivity index (χ1) is 9.56. The Morgan fingerprint density at radius 3 is 2.33 bits per heavy atom. The molecule has 0 aromatic heterocycles. The molecule has 0 saturated heterocycles. The molecule has 120 valence electrons. The normalized spacial score (nSPS) is 14.6. The largest absolute Gasteiger partial charge is 0.480 e. The summed E-state index contributed by atoms with van der Waals surface area (Å²) in [7, 11) is 0. The van der Waals surface area contributed by atoms with Gasteiger partial charge in [0.05, 0.1) is 0 Å². The van der Waals surface area contributed by atoms with Crippen molar-refractivity contribution in [1.29, 1.82) is 0 Å². The van der Waals surface area contributed by atoms with E-state index in [2.05, 4.69) is 5.32 Å². The van der Waals surface area contributed by atoms with Gasteiger partial charge in [0.2, 0.25) is 0 Å². The average molecular weight is 318 g/mol. The van der Waals surface area contributed by atoms with Crippen molar-refractivity contribution >= 4 is 23.7 Å². The van der Waals surface area contributed by atoms with Gasteiger partial charge >= 0.3 is 12.1 Å². The van der Waals surface area contributed by atoms with Crippen molar-refractivity contribution in [1.82, 2.24) is 5.32 Å². The van der Waals surface area contributed by atoms with E-state index < -0.39 is 23.7 Å². The van der Waals surface area contributed by atoms with Gasteiger partial charge < -0.3 is 15.2 Å². The Bertz CT molecular complexity index is 431. The molecule has 0 heterocycles. The molecule has 1 amide bonds. The van der Waals surface area contributed by atoms with Crippen LogP contribution in [-0.4, -0.2) is 28.8 Å². The van der Waals surface area contributed by atoms with Crippen molar-refractivity contribution in [2.24, 2.45) is 0 Å². The van der Waals surface area contributed by atoms with Crippen LogP contribution in [0.4, 0.5) is 4.79 Å². The summed E-state index contributed by atoms with van der Waals surface area (Å²) < 4.78 is 5.05. The molecule has 0 aliphatic rings. The van der Waals surface area contributed by atoms with Gasteiger partial charge in [0.15, 0.2) is 0 Å². The smallest absolute Gasteiger partial charge is 0.408 e. The molecule has 1 unspecified atom stereocenters. The van der Waals surface area contributed by atoms with Crippen molar-refractivity contribution in [2.75, 3.05) is 0 Å². The van der Waals surface area contributed by atoms with Crippen LogP contribution in [0, 0.1) is 0 Å². The summed E-state index contributed by atoms with van der Waals surface area (Å²) in [4.78, 5) is 22.8. The average Bonchev–Trinajstić information content (AvgIpc) is 2.29. The van der Waals surface area contributed by atoms with Crippen LogP contribution in [0.15, 0.2) is 22.8 Å². The number of carboxylic acid groups (broad SMARTS) is 1. The second-order valence-corrected chi connectivity index (χ2v) is 6.20. The number of ether oxygens (including phenoxy) is 1. The van der Waals surface area contributed by atoms with Crippen molar-refractivity contribution in [3.05, 3.63) is 22.8 Å². The monoisotopic (exact) mass is 317 g/mol. The zero-order valence-electron chi connectivity index (χ0n) is 13.2. The molecule has 0 saturated carbocycles. The van der Waals surface area contributed by atoms with Crippen molar-refractivity contribution in [3.63, 3.8) is 0 Å². The summed E-state index contributed by atoms with van der Waals surface area (Å²) in [5.41, 5.74) is 0.173. The Balaban J connectivity index is 4.69. The maximum atomic E-state index is 11.6. The summed E-state index contributed by atoms with van der Waals surface area (Å²) >= 11 is 5.95. The first-order valence-corrected chi connectivity index (χ1v) is 7.15. The third-order valence-corrected chi connectivity index (χ3v) is 2.74. The second-order valence-electron chi connectivity index (χ2n) is 5.63. The Hall–Kier alpha value is -1.49. The minimum absolute atomic E-state index is 0.234. The fraction of sp³-hybridized carbons (Fsp3) is 0.600. The van der Waals surface area contributed by atoms with Gasteiger partial charge in [-0.3, -0.25) is 0 Å². The van der Waals surface area contributed by atoms with Crippen LogP contribution in [0.2, 0.25) is 0 Å². The van der Waals surface area contributed by atoms with Crippen LogP contribution < -0.4 is 5.32 Å². The lowest BCUT2D eigenvalue weighted by Crippen LogP contribution is -2.43. The molecule has 21 heavy (non-hydrogen) atoms. The highest BCUT2D eigenvalue weighted by Crippen LogP contribution is 2.17. The van der Waals surface area contributed by atoms with Gasteiger partial charge in [-0.15, -0.1) is 0 Å². The number of carbonyl (C=O) groups excluding carboxylic acids is 1. The number of nitrogens with one attached hydrogen (secondary N) is 1. The number of alkyl carbamates (subject to hydrolysis) is 1. The number of hydrogen-bond acceptors (Lipinski definition) is 3. The van der Waals surface area contributed by atoms with Gasteiger partial charge in [-0.25, -0.2) is 9.59 Å². The third kappa shape index (κ3) is 9.13. The molecular weight excluding hydrogens is 294 g/mol. The maximum Gasteiger partial charge on any atom is 0.408 e. The van der Waals surface area contributed by atoms with E-state index in [1.54, 1.807) is 27.7 Å². The molecule has 0 bridgehead atoms. The van der Waals surface area contributed by atoms with E-state index in [4.69, 9.17) is 21.4 Å². The Kier molecular flexibility index (Phi) is 8.10. The summed E-state index contributed by atoms with van der Waals surface area (Å²) in [5, 5.41) is 12.1. The number of carboxylic acids is 1. The first-order valence-electron chi connectivity index (χ1n) is 6.77. The van der Waals surface area contributed by atoms with Crippen LogP contribution >= 0.6 is 11.6 Å². The van der Waals surface area contributed by atoms with E-state index >= 15 is 0 Å². The topological polar surface area (TPSA) is 75.6 Å². The van der Waals surface area contributed by atoms with Gasteiger partial charge in [-0.1, -0.05) is 23.8 Å². The Labute approximate surface area is 131 Å². The van der Waals surface area contributed by atoms with E-state index in [0.29, 0.717) is 11.5 Å². The molecule has 2 N–H and O–H groups in total. The SMILES string of the molecule is CC=CC(CCC(NC(=O)OC(C)(C)C)C(=O)O)=C(C)Cl. The van der Waals surface area contributed by atoms with Crippen LogP contribution in [0.1, 0.15) is 47.5 Å². The van der Waals surface area contributed by atoms with Crippen LogP contribution in [0.5, 0.6) is 0 Å². The number of aliphatic carboxylic acids is 1. The Morgan fingerprint density at radius 2 is 1.95 bits per heavy atom. The van der Waals surface area contributed by atoms with Crippen LogP contribution in [0.3, 0.4) is 0 Å². The number of allylic oxidation sites excluding steroid dienone is 4. The molecule has 5 nitrogen and oxygen atoms in total. The molecular formula is C15H24ClNO4. The first kappa shape index (κ1) is 19.5. The van der Waals surface area contributed by atoms with E-state index in [1.807, 2.05) is 19.1 Å². The molecule has 0 rings (SSSR count). The predicted octanol–water partition coefficient (Wildman–Crippen LogP) is 3.83. The second kappa shape index (κ2) is 8.72. The maximum absolute atomic E-state index is 11.6. The fourth-order valence-electron chi connectivity index (χ4n) is 1.58. The minimum Gasteiger partial charge on any atom is -0.480 e. The lowest BCUT2D eigenvalue weighted by atomic mass is 10.0. The molecule has 0 aliphatic heterocycles. The number of amides is 1. The number of rotatable bonds is 6. The van der Waals surface area contributed by atoms with Crippen molar-refractivity contribution in [2.45, 2.75) is 59.1 Å². The highest BCUT2D eigenvalue weighted by Gasteiger charge is 2.23. The van der Waals surface area contributed by atoms with Crippen LogP contribution in [0.25, 0.3) is 0 Å². The number of hydrogen-bond donors (Lipinski definition) is 2. The van der Waals surface area contributed by atoms with Crippen molar-refractivity contribution in [3.8, 4) is 0 Å². The fourth-order valence-corrected chi connectivity index (χ4v) is 1.74. The van der Waals surface area contributed by atoms with Gasteiger partial charge in [-0.2, -0.15) is 0 Å². The lowest BCUT2D eigenvalue weighted by Gasteiger charge is -2.22. The van der Waals surface area contributed by atoms with E-state index in [0.717, 1.165) is 5.57 Å². The minimum atomic E-state index is -1.10. The van der Waals surface area contributed by atoms with Gasteiger partial charge in [0.25, 0.3) is 0 Å². The zero-order chi connectivity index (χ0) is 16.6. The number of halogens is 1. The summed E-state index contributed by atoms with van der Waals surface area (Å²) in [6.07, 6.45) is 3.60. The molecule has 0 aliphatic carbocycles. The molecule has 0 aromatic carbocycles. The summed E-state index contributed by atoms with van der Waals surface area (Å²) in [6, 6.07) is -1.02. The van der Waals surface area contributed by atoms with Gasteiger partial charge in [0.1, 0.15) is 11.6 Å². The van der Waals surface area contributed by atoms with E-state index in [-0.39, 0.29) is 6.42 Å². The van der Waals surface area contributed by atoms with Crippen LogP contribution in [-0.2, 0) is 9.53 Å². The van der Waals surface area contributed by atoms with E-state index in [9.17, 15) is 9.59 Å². The highest BCUT2D eigenvalue weighted by molar-refractivity contribution is 6.29. The standard InChI is InChI=1S/C15H24ClNO4/c1-6-7-11(10(2)16)8-9-12(13(18)19)17-14(20)21-15(3,4)5/h6-7,12H,8-9H2,1-5H3,(H,17,20)(H,18,19). The molecule has 0 aromatic rings. The molecule has 6 heteroatoms. The Morgan fingerprint density at radius 1 is 1.38 bits per heavy atom. The number of carbonyl (C=O) groups is 2. The van der Waals surface area contributed by atoms with Crippen molar-refractivity contribution < 1.29 is 19.4 Å². The highest BCUT2D eigenvalue weighted by atomic mass is 35.5. The molecule has 1 atom stereocenters. The lowest BCUT2D eigenvalue weighted by molar-refractivity contribution is -0.139. The molecule has 0 radical (unpaired) electrons. The predicted molar refractivity (Wildman–Crippen MR) is 83.4 cm³/mol.